The van der Waals surface area contributed by atoms with Crippen molar-refractivity contribution in [1.29, 1.82) is 0 Å². The predicted molar refractivity (Wildman–Crippen MR) is 72.9 cm³/mol. The summed E-state index contributed by atoms with van der Waals surface area (Å²) in [6.07, 6.45) is 0. The molecule has 0 aromatic heterocycles. The normalized spacial score (nSPS) is 10.2. The molecule has 0 aliphatic carbocycles. The molecule has 0 aliphatic rings. The van der Waals surface area contributed by atoms with Gasteiger partial charge in [-0.1, -0.05) is 12.1 Å². The minimum atomic E-state index is -1.03. The van der Waals surface area contributed by atoms with E-state index in [2.05, 4.69) is 0 Å². The molecule has 0 atom stereocenters. The van der Waals surface area contributed by atoms with Crippen LogP contribution in [0.4, 0.5) is 14.5 Å². The van der Waals surface area contributed by atoms with Crippen LogP contribution in [-0.2, 0) is 11.3 Å². The minimum absolute atomic E-state index is 0.0424. The number of carbonyl (C=O) groups is 1. The second-order valence-corrected chi connectivity index (χ2v) is 4.28. The molecule has 0 saturated heterocycles. The highest BCUT2D eigenvalue weighted by Gasteiger charge is 2.13. The number of ether oxygens (including phenoxy) is 2. The Hall–Kier alpha value is -2.63. The molecule has 2 aromatic carbocycles. The first kappa shape index (κ1) is 14.8. The molecule has 110 valence electrons. The van der Waals surface area contributed by atoms with Gasteiger partial charge in [0.1, 0.15) is 12.4 Å². The molecule has 2 N–H and O–H groups in total. The smallest absolute Gasteiger partial charge is 0.338 e. The lowest BCUT2D eigenvalue weighted by Crippen LogP contribution is -2.07. The third-order valence-corrected chi connectivity index (χ3v) is 2.79. The molecule has 0 saturated carbocycles. The maximum absolute atomic E-state index is 13.4. The van der Waals surface area contributed by atoms with Crippen molar-refractivity contribution in [3.8, 4) is 5.75 Å². The van der Waals surface area contributed by atoms with Gasteiger partial charge in [-0.25, -0.2) is 13.6 Å². The highest BCUT2D eigenvalue weighted by Crippen LogP contribution is 2.20. The molecule has 0 bridgehead atoms. The number of methoxy groups -OCH3 is 1. The second kappa shape index (κ2) is 6.21. The van der Waals surface area contributed by atoms with Gasteiger partial charge in [0.25, 0.3) is 0 Å². The first-order valence-electron chi connectivity index (χ1n) is 6.06. The van der Waals surface area contributed by atoms with Crippen LogP contribution in [0.5, 0.6) is 5.75 Å². The first-order chi connectivity index (χ1) is 10.0. The van der Waals surface area contributed by atoms with Gasteiger partial charge in [-0.2, -0.15) is 0 Å². The molecule has 0 aliphatic heterocycles. The third-order valence-electron chi connectivity index (χ3n) is 2.79. The van der Waals surface area contributed by atoms with E-state index < -0.39 is 17.6 Å². The third kappa shape index (κ3) is 3.47. The molecule has 4 nitrogen and oxygen atoms in total. The average Bonchev–Trinajstić information content (AvgIpc) is 2.47. The van der Waals surface area contributed by atoms with Crippen molar-refractivity contribution in [1.82, 2.24) is 0 Å². The average molecular weight is 293 g/mol. The topological polar surface area (TPSA) is 61.5 Å². The number of nitrogens with two attached hydrogens (primary N) is 1. The second-order valence-electron chi connectivity index (χ2n) is 4.28. The van der Waals surface area contributed by atoms with Gasteiger partial charge in [-0.15, -0.1) is 0 Å². The Morgan fingerprint density at radius 1 is 1.24 bits per heavy atom. The Morgan fingerprint density at radius 2 is 2.00 bits per heavy atom. The quantitative estimate of drug-likeness (QED) is 0.695. The van der Waals surface area contributed by atoms with Crippen LogP contribution < -0.4 is 10.5 Å². The molecule has 21 heavy (non-hydrogen) atoms. The maximum atomic E-state index is 13.4. The maximum Gasteiger partial charge on any atom is 0.338 e. The van der Waals surface area contributed by atoms with Crippen molar-refractivity contribution in [2.75, 3.05) is 12.8 Å². The summed E-state index contributed by atoms with van der Waals surface area (Å²) < 4.78 is 36.4. The predicted octanol–water partition coefficient (Wildman–Crippen LogP) is 2.91. The summed E-state index contributed by atoms with van der Waals surface area (Å²) >= 11 is 0. The molecular weight excluding hydrogens is 280 g/mol. The summed E-state index contributed by atoms with van der Waals surface area (Å²) in [4.78, 5) is 11.9. The lowest BCUT2D eigenvalue weighted by atomic mass is 10.2. The van der Waals surface area contributed by atoms with Gasteiger partial charge >= 0.3 is 5.97 Å². The van der Waals surface area contributed by atoms with E-state index in [-0.39, 0.29) is 17.7 Å². The van der Waals surface area contributed by atoms with Gasteiger partial charge in [0.05, 0.1) is 12.7 Å². The summed E-state index contributed by atoms with van der Waals surface area (Å²) in [6, 6.07) is 8.07. The fourth-order valence-corrected chi connectivity index (χ4v) is 1.74. The van der Waals surface area contributed by atoms with Crippen molar-refractivity contribution in [3.05, 3.63) is 59.2 Å². The zero-order chi connectivity index (χ0) is 15.4. The molecular formula is C15H13F2NO3. The summed E-state index contributed by atoms with van der Waals surface area (Å²) in [5.41, 5.74) is 6.09. The SMILES string of the molecule is COc1cc(N)cc(C(=O)OCc2cccc(F)c2F)c1. The van der Waals surface area contributed by atoms with Crippen LogP contribution in [-0.4, -0.2) is 13.1 Å². The number of anilines is 1. The molecule has 0 heterocycles. The highest BCUT2D eigenvalue weighted by atomic mass is 19.2. The van der Waals surface area contributed by atoms with E-state index in [9.17, 15) is 13.6 Å². The molecule has 2 aromatic rings. The number of rotatable bonds is 4. The van der Waals surface area contributed by atoms with Gasteiger partial charge in [0.15, 0.2) is 11.6 Å². The van der Waals surface area contributed by atoms with Crippen LogP contribution in [0, 0.1) is 11.6 Å². The summed E-state index contributed by atoms with van der Waals surface area (Å²) in [5, 5.41) is 0. The number of nitrogen functional groups attached to an aromatic ring is 1. The van der Waals surface area contributed by atoms with Crippen molar-refractivity contribution in [2.45, 2.75) is 6.61 Å². The number of carbonyl (C=O) groups excluding carboxylic acids is 1. The van der Waals surface area contributed by atoms with Crippen molar-refractivity contribution < 1.29 is 23.0 Å². The summed E-state index contributed by atoms with van der Waals surface area (Å²) in [6.45, 7) is -0.375. The Labute approximate surface area is 120 Å². The summed E-state index contributed by atoms with van der Waals surface area (Å²) in [7, 11) is 1.44. The van der Waals surface area contributed by atoms with Crippen LogP contribution in [0.3, 0.4) is 0 Å². The van der Waals surface area contributed by atoms with Gasteiger partial charge in [0.2, 0.25) is 0 Å². The zero-order valence-corrected chi connectivity index (χ0v) is 11.2. The lowest BCUT2D eigenvalue weighted by molar-refractivity contribution is 0.0467. The Morgan fingerprint density at radius 3 is 2.71 bits per heavy atom. The number of halogens is 2. The van der Waals surface area contributed by atoms with Crippen molar-refractivity contribution in [2.24, 2.45) is 0 Å². The molecule has 0 unspecified atom stereocenters. The van der Waals surface area contributed by atoms with E-state index in [1.807, 2.05) is 0 Å². The molecule has 0 amide bonds. The molecule has 6 heteroatoms. The Balaban J connectivity index is 2.12. The Bertz CT molecular complexity index is 674. The number of hydrogen-bond acceptors (Lipinski definition) is 4. The fourth-order valence-electron chi connectivity index (χ4n) is 1.74. The molecule has 0 spiro atoms. The largest absolute Gasteiger partial charge is 0.497 e. The van der Waals surface area contributed by atoms with Gasteiger partial charge in [-0.05, 0) is 18.2 Å². The molecule has 0 fully saturated rings. The van der Waals surface area contributed by atoms with E-state index in [0.29, 0.717) is 11.4 Å². The number of esters is 1. The summed E-state index contributed by atoms with van der Waals surface area (Å²) in [5.74, 6) is -2.33. The monoisotopic (exact) mass is 293 g/mol. The minimum Gasteiger partial charge on any atom is -0.497 e. The van der Waals surface area contributed by atoms with Crippen LogP contribution in [0.15, 0.2) is 36.4 Å². The van der Waals surface area contributed by atoms with E-state index >= 15 is 0 Å². The van der Waals surface area contributed by atoms with Crippen molar-refractivity contribution >= 4 is 11.7 Å². The van der Waals surface area contributed by atoms with Gasteiger partial charge < -0.3 is 15.2 Å². The van der Waals surface area contributed by atoms with Gasteiger partial charge in [0, 0.05) is 17.3 Å². The Kier molecular flexibility index (Phi) is 4.37. The zero-order valence-electron chi connectivity index (χ0n) is 11.2. The van der Waals surface area contributed by atoms with Crippen LogP contribution in [0.1, 0.15) is 15.9 Å². The van der Waals surface area contributed by atoms with Crippen LogP contribution in [0.2, 0.25) is 0 Å². The van der Waals surface area contributed by atoms with E-state index in [0.717, 1.165) is 6.07 Å². The lowest BCUT2D eigenvalue weighted by Gasteiger charge is -2.08. The van der Waals surface area contributed by atoms with E-state index in [4.69, 9.17) is 15.2 Å². The van der Waals surface area contributed by atoms with Crippen LogP contribution >= 0.6 is 0 Å². The van der Waals surface area contributed by atoms with Crippen LogP contribution in [0.25, 0.3) is 0 Å². The molecule has 0 radical (unpaired) electrons. The first-order valence-corrected chi connectivity index (χ1v) is 6.06. The number of hydrogen-bond donors (Lipinski definition) is 1. The number of benzene rings is 2. The van der Waals surface area contributed by atoms with E-state index in [1.165, 1.54) is 31.4 Å². The highest BCUT2D eigenvalue weighted by molar-refractivity contribution is 5.91. The van der Waals surface area contributed by atoms with Crippen molar-refractivity contribution in [3.63, 3.8) is 0 Å². The molecule has 2 rings (SSSR count). The van der Waals surface area contributed by atoms with E-state index in [1.54, 1.807) is 6.07 Å². The fraction of sp³-hybridized carbons (Fsp3) is 0.133. The standard InChI is InChI=1S/C15H13F2NO3/c1-20-12-6-10(5-11(18)7-12)15(19)21-8-9-3-2-4-13(16)14(9)17/h2-7H,8,18H2,1H3. The van der Waals surface area contributed by atoms with Gasteiger partial charge in [-0.3, -0.25) is 0 Å².